The third-order valence-corrected chi connectivity index (χ3v) is 5.09. The topological polar surface area (TPSA) is 37.4 Å². The third-order valence-electron chi connectivity index (χ3n) is 5.09. The second kappa shape index (κ2) is 6.49. The molecule has 124 valence electrons. The molecule has 0 saturated carbocycles. The molecule has 0 radical (unpaired) electrons. The highest BCUT2D eigenvalue weighted by molar-refractivity contribution is 5.08. The monoisotopic (exact) mass is 314 g/mol. The van der Waals surface area contributed by atoms with Crippen molar-refractivity contribution in [3.05, 3.63) is 41.9 Å². The Morgan fingerprint density at radius 1 is 1.17 bits per heavy atom. The zero-order valence-corrected chi connectivity index (χ0v) is 13.9. The van der Waals surface area contributed by atoms with E-state index < -0.39 is 0 Å². The Labute approximate surface area is 137 Å². The molecule has 0 aromatic carbocycles. The Balaban J connectivity index is 1.47. The van der Waals surface area contributed by atoms with Crippen LogP contribution in [0.25, 0.3) is 0 Å². The molecule has 2 aliphatic heterocycles. The standard InChI is InChI=1S/C18H26N4O/c1-15-5-6-18(23-15)13-21-10-16-9-19-14-22(16)17(12-21)11-20-7-3-2-4-8-20/h5-6,9,14,17H,2-4,7-8,10-13H2,1H3/t17-/m0/s1. The number of nitrogens with zero attached hydrogens (tertiary/aromatic N) is 4. The number of furan rings is 1. The minimum atomic E-state index is 0.496. The van der Waals surface area contributed by atoms with Crippen molar-refractivity contribution in [3.8, 4) is 0 Å². The molecule has 2 aromatic heterocycles. The van der Waals surface area contributed by atoms with Crippen LogP contribution in [0.4, 0.5) is 0 Å². The van der Waals surface area contributed by atoms with Crippen LogP contribution in [0.3, 0.4) is 0 Å². The number of hydrogen-bond acceptors (Lipinski definition) is 4. The number of aryl methyl sites for hydroxylation is 1. The summed E-state index contributed by atoms with van der Waals surface area (Å²) in [5, 5.41) is 0. The van der Waals surface area contributed by atoms with E-state index in [0.29, 0.717) is 6.04 Å². The van der Waals surface area contributed by atoms with Crippen molar-refractivity contribution in [2.75, 3.05) is 26.2 Å². The van der Waals surface area contributed by atoms with Crippen molar-refractivity contribution in [2.24, 2.45) is 0 Å². The van der Waals surface area contributed by atoms with Crippen molar-refractivity contribution in [1.82, 2.24) is 19.4 Å². The van der Waals surface area contributed by atoms with Gasteiger partial charge in [0.15, 0.2) is 0 Å². The Morgan fingerprint density at radius 3 is 2.83 bits per heavy atom. The largest absolute Gasteiger partial charge is 0.465 e. The van der Waals surface area contributed by atoms with Gasteiger partial charge < -0.3 is 13.9 Å². The minimum absolute atomic E-state index is 0.496. The van der Waals surface area contributed by atoms with Gasteiger partial charge in [-0.2, -0.15) is 0 Å². The summed E-state index contributed by atoms with van der Waals surface area (Å²) in [6.45, 7) is 8.55. The van der Waals surface area contributed by atoms with Gasteiger partial charge in [-0.1, -0.05) is 6.42 Å². The van der Waals surface area contributed by atoms with Crippen LogP contribution in [0.5, 0.6) is 0 Å². The number of imidazole rings is 1. The van der Waals surface area contributed by atoms with Crippen molar-refractivity contribution in [3.63, 3.8) is 0 Å². The molecule has 0 aliphatic carbocycles. The van der Waals surface area contributed by atoms with E-state index in [1.807, 2.05) is 19.4 Å². The summed E-state index contributed by atoms with van der Waals surface area (Å²) in [4.78, 5) is 9.50. The van der Waals surface area contributed by atoms with E-state index in [1.165, 1.54) is 38.0 Å². The molecule has 4 rings (SSSR count). The zero-order chi connectivity index (χ0) is 15.6. The van der Waals surface area contributed by atoms with Crippen LogP contribution < -0.4 is 0 Å². The zero-order valence-electron chi connectivity index (χ0n) is 13.9. The number of aromatic nitrogens is 2. The van der Waals surface area contributed by atoms with Gasteiger partial charge in [-0.25, -0.2) is 4.98 Å². The number of hydrogen-bond donors (Lipinski definition) is 0. The van der Waals surface area contributed by atoms with Gasteiger partial charge >= 0.3 is 0 Å². The van der Waals surface area contributed by atoms with E-state index in [9.17, 15) is 0 Å². The first kappa shape index (κ1) is 15.0. The van der Waals surface area contributed by atoms with Crippen molar-refractivity contribution in [2.45, 2.75) is 45.3 Å². The van der Waals surface area contributed by atoms with Gasteiger partial charge in [-0.15, -0.1) is 0 Å². The van der Waals surface area contributed by atoms with E-state index in [4.69, 9.17) is 4.42 Å². The Morgan fingerprint density at radius 2 is 2.04 bits per heavy atom. The lowest BCUT2D eigenvalue weighted by molar-refractivity contribution is 0.123. The molecule has 2 aromatic rings. The van der Waals surface area contributed by atoms with E-state index in [-0.39, 0.29) is 0 Å². The molecule has 1 atom stereocenters. The Kier molecular flexibility index (Phi) is 4.23. The number of likely N-dealkylation sites (tertiary alicyclic amines) is 1. The fourth-order valence-electron chi connectivity index (χ4n) is 3.96. The highest BCUT2D eigenvalue weighted by atomic mass is 16.3. The SMILES string of the molecule is Cc1ccc(CN2Cc3cncn3[C@@H](CN3CCCCC3)C2)o1. The molecule has 0 unspecified atom stereocenters. The van der Waals surface area contributed by atoms with Crippen LogP contribution in [0.15, 0.2) is 29.1 Å². The molecule has 4 heterocycles. The second-order valence-electron chi connectivity index (χ2n) is 6.99. The molecule has 0 amide bonds. The summed E-state index contributed by atoms with van der Waals surface area (Å²) in [6, 6.07) is 4.64. The van der Waals surface area contributed by atoms with Crippen LogP contribution >= 0.6 is 0 Å². The molecule has 0 N–H and O–H groups in total. The van der Waals surface area contributed by atoms with Crippen LogP contribution in [-0.4, -0.2) is 45.5 Å². The average molecular weight is 314 g/mol. The summed E-state index contributed by atoms with van der Waals surface area (Å²) in [5.74, 6) is 2.05. The van der Waals surface area contributed by atoms with Crippen LogP contribution in [0, 0.1) is 6.92 Å². The molecule has 1 saturated heterocycles. The number of fused-ring (bicyclic) bond motifs is 1. The van der Waals surface area contributed by atoms with Gasteiger partial charge in [0.25, 0.3) is 0 Å². The van der Waals surface area contributed by atoms with Crippen molar-refractivity contribution < 1.29 is 4.42 Å². The first-order chi connectivity index (χ1) is 11.3. The van der Waals surface area contributed by atoms with E-state index >= 15 is 0 Å². The normalized spacial score (nSPS) is 23.1. The third kappa shape index (κ3) is 3.35. The van der Waals surface area contributed by atoms with Crippen LogP contribution in [0.1, 0.15) is 42.5 Å². The maximum Gasteiger partial charge on any atom is 0.118 e. The first-order valence-electron chi connectivity index (χ1n) is 8.78. The lowest BCUT2D eigenvalue weighted by Gasteiger charge is -2.37. The number of piperidine rings is 1. The average Bonchev–Trinajstić information content (AvgIpc) is 3.17. The molecule has 0 bridgehead atoms. The first-order valence-corrected chi connectivity index (χ1v) is 8.78. The Bertz CT molecular complexity index is 641. The van der Waals surface area contributed by atoms with Crippen molar-refractivity contribution in [1.29, 1.82) is 0 Å². The predicted molar refractivity (Wildman–Crippen MR) is 89.1 cm³/mol. The van der Waals surface area contributed by atoms with Crippen LogP contribution in [-0.2, 0) is 13.1 Å². The van der Waals surface area contributed by atoms with Gasteiger partial charge in [0.05, 0.1) is 24.6 Å². The fraction of sp³-hybridized carbons (Fsp3) is 0.611. The van der Waals surface area contributed by atoms with Crippen molar-refractivity contribution >= 4 is 0 Å². The molecule has 23 heavy (non-hydrogen) atoms. The molecule has 0 spiro atoms. The highest BCUT2D eigenvalue weighted by Crippen LogP contribution is 2.24. The summed E-state index contributed by atoms with van der Waals surface area (Å²) in [7, 11) is 0. The van der Waals surface area contributed by atoms with Gasteiger partial charge in [-0.05, 0) is 45.0 Å². The fourth-order valence-corrected chi connectivity index (χ4v) is 3.96. The smallest absolute Gasteiger partial charge is 0.118 e. The quantitative estimate of drug-likeness (QED) is 0.870. The minimum Gasteiger partial charge on any atom is -0.465 e. The summed E-state index contributed by atoms with van der Waals surface area (Å²) < 4.78 is 8.15. The number of rotatable bonds is 4. The predicted octanol–water partition coefficient (Wildman–Crippen LogP) is 2.83. The molecule has 2 aliphatic rings. The molecular weight excluding hydrogens is 288 g/mol. The van der Waals surface area contributed by atoms with E-state index in [1.54, 1.807) is 0 Å². The molecule has 5 nitrogen and oxygen atoms in total. The maximum atomic E-state index is 5.77. The maximum absolute atomic E-state index is 5.77. The summed E-state index contributed by atoms with van der Waals surface area (Å²) in [6.07, 6.45) is 8.11. The van der Waals surface area contributed by atoms with Crippen LogP contribution in [0.2, 0.25) is 0 Å². The van der Waals surface area contributed by atoms with E-state index in [2.05, 4.69) is 31.5 Å². The van der Waals surface area contributed by atoms with Gasteiger partial charge in [-0.3, -0.25) is 4.90 Å². The summed E-state index contributed by atoms with van der Waals surface area (Å²) in [5.41, 5.74) is 1.32. The van der Waals surface area contributed by atoms with Gasteiger partial charge in [0.1, 0.15) is 11.5 Å². The lowest BCUT2D eigenvalue weighted by Crippen LogP contribution is -2.43. The molecule has 5 heteroatoms. The summed E-state index contributed by atoms with van der Waals surface area (Å²) >= 11 is 0. The lowest BCUT2D eigenvalue weighted by atomic mass is 10.1. The van der Waals surface area contributed by atoms with E-state index in [0.717, 1.165) is 37.7 Å². The molecule has 1 fully saturated rings. The highest BCUT2D eigenvalue weighted by Gasteiger charge is 2.27. The van der Waals surface area contributed by atoms with Gasteiger partial charge in [0, 0.05) is 25.8 Å². The van der Waals surface area contributed by atoms with Gasteiger partial charge in [0.2, 0.25) is 0 Å². The molecular formula is C18H26N4O. The Hall–Kier alpha value is -1.59. The second-order valence-corrected chi connectivity index (χ2v) is 6.99.